The van der Waals surface area contributed by atoms with Gasteiger partial charge in [0.2, 0.25) is 5.75 Å². The molecule has 0 aliphatic heterocycles. The standard InChI is InChI=1S/C14H20O7/c1-10(15)11-5-6-12(19-7-16-2)14(21-9-18-4)13(11)20-8-17-3/h5-6H,7-9H2,1-4H3. The molecule has 0 amide bonds. The fourth-order valence-corrected chi connectivity index (χ4v) is 1.57. The predicted octanol–water partition coefficient (Wildman–Crippen LogP) is 1.84. The van der Waals surface area contributed by atoms with E-state index < -0.39 is 0 Å². The van der Waals surface area contributed by atoms with Crippen LogP contribution in [0.4, 0.5) is 0 Å². The van der Waals surface area contributed by atoms with Gasteiger partial charge in [0.05, 0.1) is 5.56 Å². The smallest absolute Gasteiger partial charge is 0.207 e. The zero-order valence-corrected chi connectivity index (χ0v) is 12.6. The summed E-state index contributed by atoms with van der Waals surface area (Å²) in [5.41, 5.74) is 0.364. The summed E-state index contributed by atoms with van der Waals surface area (Å²) in [4.78, 5) is 11.7. The highest BCUT2D eigenvalue weighted by molar-refractivity contribution is 5.98. The first-order valence-electron chi connectivity index (χ1n) is 6.18. The van der Waals surface area contributed by atoms with E-state index >= 15 is 0 Å². The molecule has 0 aliphatic rings. The van der Waals surface area contributed by atoms with Crippen LogP contribution in [-0.2, 0) is 14.2 Å². The zero-order chi connectivity index (χ0) is 15.7. The molecule has 1 rings (SSSR count). The van der Waals surface area contributed by atoms with Gasteiger partial charge in [-0.1, -0.05) is 0 Å². The predicted molar refractivity (Wildman–Crippen MR) is 74.0 cm³/mol. The average Bonchev–Trinajstić information content (AvgIpc) is 2.48. The van der Waals surface area contributed by atoms with Gasteiger partial charge in [-0.2, -0.15) is 0 Å². The maximum Gasteiger partial charge on any atom is 0.207 e. The number of Topliss-reactive ketones (excluding diaryl/α,β-unsaturated/α-hetero) is 1. The maximum absolute atomic E-state index is 11.7. The van der Waals surface area contributed by atoms with Crippen LogP contribution < -0.4 is 14.2 Å². The molecule has 118 valence electrons. The Hall–Kier alpha value is -1.83. The molecule has 0 heterocycles. The second-order valence-corrected chi connectivity index (χ2v) is 3.98. The lowest BCUT2D eigenvalue weighted by atomic mass is 10.1. The lowest BCUT2D eigenvalue weighted by molar-refractivity contribution is 0.0214. The van der Waals surface area contributed by atoms with Gasteiger partial charge in [-0.05, 0) is 19.1 Å². The number of methoxy groups -OCH3 is 3. The molecule has 7 heteroatoms. The summed E-state index contributed by atoms with van der Waals surface area (Å²) in [6, 6.07) is 3.21. The Morgan fingerprint density at radius 3 is 1.90 bits per heavy atom. The van der Waals surface area contributed by atoms with Crippen molar-refractivity contribution in [1.82, 2.24) is 0 Å². The molecule has 0 saturated heterocycles. The van der Waals surface area contributed by atoms with Crippen molar-refractivity contribution in [1.29, 1.82) is 0 Å². The molecule has 0 radical (unpaired) electrons. The Labute approximate surface area is 123 Å². The molecule has 1 aromatic rings. The Kier molecular flexibility index (Phi) is 7.52. The van der Waals surface area contributed by atoms with Crippen molar-refractivity contribution in [2.75, 3.05) is 41.7 Å². The summed E-state index contributed by atoms with van der Waals surface area (Å²) >= 11 is 0. The van der Waals surface area contributed by atoms with Gasteiger partial charge in [0.15, 0.2) is 37.7 Å². The van der Waals surface area contributed by atoms with Gasteiger partial charge in [-0.3, -0.25) is 4.79 Å². The van der Waals surface area contributed by atoms with Crippen LogP contribution in [-0.4, -0.2) is 47.5 Å². The Bertz CT molecular complexity index is 459. The lowest BCUT2D eigenvalue weighted by Crippen LogP contribution is -2.10. The number of hydrogen-bond acceptors (Lipinski definition) is 7. The highest BCUT2D eigenvalue weighted by Gasteiger charge is 2.20. The summed E-state index contributed by atoms with van der Waals surface area (Å²) < 4.78 is 30.9. The molecule has 0 fully saturated rings. The van der Waals surface area contributed by atoms with Gasteiger partial charge < -0.3 is 28.4 Å². The molecular formula is C14H20O7. The van der Waals surface area contributed by atoms with E-state index in [1.807, 2.05) is 0 Å². The van der Waals surface area contributed by atoms with E-state index in [2.05, 4.69) is 0 Å². The normalized spacial score (nSPS) is 10.3. The molecule has 0 atom stereocenters. The summed E-state index contributed by atoms with van der Waals surface area (Å²) in [6.45, 7) is 1.42. The summed E-state index contributed by atoms with van der Waals surface area (Å²) in [5.74, 6) is 0.723. The average molecular weight is 300 g/mol. The number of rotatable bonds is 10. The van der Waals surface area contributed by atoms with Crippen LogP contribution in [0.5, 0.6) is 17.2 Å². The van der Waals surface area contributed by atoms with Gasteiger partial charge >= 0.3 is 0 Å². The summed E-state index contributed by atoms with van der Waals surface area (Å²) in [5, 5.41) is 0. The van der Waals surface area contributed by atoms with Crippen molar-refractivity contribution in [3.05, 3.63) is 17.7 Å². The third kappa shape index (κ3) is 4.89. The van der Waals surface area contributed by atoms with E-state index in [1.165, 1.54) is 28.3 Å². The SMILES string of the molecule is COCOc1ccc(C(C)=O)c(OCOC)c1OCOC. The number of hydrogen-bond donors (Lipinski definition) is 0. The second-order valence-electron chi connectivity index (χ2n) is 3.98. The Balaban J connectivity index is 3.22. The zero-order valence-electron chi connectivity index (χ0n) is 12.6. The minimum atomic E-state index is -0.165. The van der Waals surface area contributed by atoms with Crippen LogP contribution >= 0.6 is 0 Å². The van der Waals surface area contributed by atoms with Crippen LogP contribution in [0.2, 0.25) is 0 Å². The van der Waals surface area contributed by atoms with Crippen LogP contribution in [0, 0.1) is 0 Å². The van der Waals surface area contributed by atoms with Crippen LogP contribution in [0.25, 0.3) is 0 Å². The third-order valence-corrected chi connectivity index (χ3v) is 2.43. The van der Waals surface area contributed by atoms with Crippen molar-refractivity contribution in [2.45, 2.75) is 6.92 Å². The molecule has 7 nitrogen and oxygen atoms in total. The van der Waals surface area contributed by atoms with Crippen molar-refractivity contribution < 1.29 is 33.2 Å². The van der Waals surface area contributed by atoms with E-state index in [4.69, 9.17) is 28.4 Å². The van der Waals surface area contributed by atoms with E-state index in [-0.39, 0.29) is 37.7 Å². The van der Waals surface area contributed by atoms with Gasteiger partial charge in [0.1, 0.15) is 0 Å². The second kappa shape index (κ2) is 9.17. The largest absolute Gasteiger partial charge is 0.464 e. The molecule has 21 heavy (non-hydrogen) atoms. The van der Waals surface area contributed by atoms with Gasteiger partial charge in [0, 0.05) is 21.3 Å². The van der Waals surface area contributed by atoms with Crippen molar-refractivity contribution in [3.8, 4) is 17.2 Å². The Morgan fingerprint density at radius 2 is 1.38 bits per heavy atom. The monoisotopic (exact) mass is 300 g/mol. The van der Waals surface area contributed by atoms with Gasteiger partial charge in [-0.15, -0.1) is 0 Å². The van der Waals surface area contributed by atoms with Crippen LogP contribution in [0.3, 0.4) is 0 Å². The third-order valence-electron chi connectivity index (χ3n) is 2.43. The Morgan fingerprint density at radius 1 is 0.857 bits per heavy atom. The molecule has 0 N–H and O–H groups in total. The number of ketones is 1. The number of carbonyl (C=O) groups is 1. The molecular weight excluding hydrogens is 280 g/mol. The van der Waals surface area contributed by atoms with Crippen molar-refractivity contribution in [2.24, 2.45) is 0 Å². The fourth-order valence-electron chi connectivity index (χ4n) is 1.57. The first-order chi connectivity index (χ1) is 10.2. The highest BCUT2D eigenvalue weighted by Crippen LogP contribution is 2.40. The fraction of sp³-hybridized carbons (Fsp3) is 0.500. The highest BCUT2D eigenvalue weighted by atomic mass is 16.7. The van der Waals surface area contributed by atoms with Crippen LogP contribution in [0.15, 0.2) is 12.1 Å². The maximum atomic E-state index is 11.7. The van der Waals surface area contributed by atoms with Crippen LogP contribution in [0.1, 0.15) is 17.3 Å². The van der Waals surface area contributed by atoms with E-state index in [1.54, 1.807) is 12.1 Å². The minimum absolute atomic E-state index is 0.0198. The molecule has 1 aromatic carbocycles. The number of benzene rings is 1. The topological polar surface area (TPSA) is 72.5 Å². The van der Waals surface area contributed by atoms with Gasteiger partial charge in [-0.25, -0.2) is 0 Å². The van der Waals surface area contributed by atoms with Crippen molar-refractivity contribution in [3.63, 3.8) is 0 Å². The molecule has 0 bridgehead atoms. The van der Waals surface area contributed by atoms with Gasteiger partial charge in [0.25, 0.3) is 0 Å². The quantitative estimate of drug-likeness (QED) is 0.482. The minimum Gasteiger partial charge on any atom is -0.464 e. The first kappa shape index (κ1) is 17.2. The summed E-state index contributed by atoms with van der Waals surface area (Å²) in [7, 11) is 4.47. The number of carbonyl (C=O) groups excluding carboxylic acids is 1. The first-order valence-corrected chi connectivity index (χ1v) is 6.18. The van der Waals surface area contributed by atoms with Crippen molar-refractivity contribution >= 4 is 5.78 Å². The molecule has 0 unspecified atom stereocenters. The van der Waals surface area contributed by atoms with E-state index in [9.17, 15) is 4.79 Å². The summed E-state index contributed by atoms with van der Waals surface area (Å²) in [6.07, 6.45) is 0. The molecule has 0 spiro atoms. The molecule has 0 aliphatic carbocycles. The number of ether oxygens (including phenoxy) is 6. The lowest BCUT2D eigenvalue weighted by Gasteiger charge is -2.18. The molecule has 0 aromatic heterocycles. The van der Waals surface area contributed by atoms with E-state index in [0.29, 0.717) is 11.3 Å². The van der Waals surface area contributed by atoms with E-state index in [0.717, 1.165) is 0 Å². The molecule has 0 saturated carbocycles.